The highest BCUT2D eigenvalue weighted by atomic mass is 35.5. The molecule has 7 heteroatoms. The zero-order chi connectivity index (χ0) is 24.1. The summed E-state index contributed by atoms with van der Waals surface area (Å²) in [7, 11) is 0. The summed E-state index contributed by atoms with van der Waals surface area (Å²) in [5.41, 5.74) is 3.22. The van der Waals surface area contributed by atoms with Crippen LogP contribution in [0.3, 0.4) is 0 Å². The van der Waals surface area contributed by atoms with E-state index in [0.29, 0.717) is 37.6 Å². The van der Waals surface area contributed by atoms with Gasteiger partial charge in [0.1, 0.15) is 24.3 Å². The van der Waals surface area contributed by atoms with Crippen LogP contribution in [0.2, 0.25) is 5.02 Å². The summed E-state index contributed by atoms with van der Waals surface area (Å²) in [5.74, 6) is -0.278. The van der Waals surface area contributed by atoms with Gasteiger partial charge in [-0.3, -0.25) is 0 Å². The number of imidazole rings is 1. The summed E-state index contributed by atoms with van der Waals surface area (Å²) in [6.07, 6.45) is 6.49. The van der Waals surface area contributed by atoms with Gasteiger partial charge in [-0.2, -0.15) is 0 Å². The molecule has 1 aromatic heterocycles. The lowest BCUT2D eigenvalue weighted by Gasteiger charge is -2.28. The summed E-state index contributed by atoms with van der Waals surface area (Å²) < 4.78 is 33.9. The first-order valence-electron chi connectivity index (χ1n) is 11.6. The molecule has 35 heavy (non-hydrogen) atoms. The van der Waals surface area contributed by atoms with Crippen molar-refractivity contribution in [2.45, 2.75) is 31.3 Å². The smallest absolute Gasteiger partial charge is 0.187 e. The predicted molar refractivity (Wildman–Crippen MR) is 133 cm³/mol. The van der Waals surface area contributed by atoms with E-state index in [1.165, 1.54) is 12.1 Å². The third-order valence-corrected chi connectivity index (χ3v) is 6.32. The lowest BCUT2D eigenvalue weighted by Crippen LogP contribution is -2.37. The Kier molecular flexibility index (Phi) is 7.13. The van der Waals surface area contributed by atoms with Gasteiger partial charge in [-0.05, 0) is 59.5 Å². The Morgan fingerprint density at radius 2 is 1.71 bits per heavy atom. The molecule has 3 aromatic carbocycles. The van der Waals surface area contributed by atoms with Crippen molar-refractivity contribution < 1.29 is 18.6 Å². The molecule has 5 nitrogen and oxygen atoms in total. The van der Waals surface area contributed by atoms with Gasteiger partial charge in [0.15, 0.2) is 5.79 Å². The molecular formula is C28H26ClFN2O3. The molecule has 0 saturated carbocycles. The van der Waals surface area contributed by atoms with E-state index in [1.54, 1.807) is 24.7 Å². The van der Waals surface area contributed by atoms with Crippen LogP contribution in [-0.4, -0.2) is 34.7 Å². The van der Waals surface area contributed by atoms with E-state index in [9.17, 15) is 4.39 Å². The molecule has 1 saturated heterocycles. The Hall–Kier alpha value is -3.19. The molecule has 1 fully saturated rings. The van der Waals surface area contributed by atoms with Crippen LogP contribution < -0.4 is 4.74 Å². The van der Waals surface area contributed by atoms with Gasteiger partial charge in [0.2, 0.25) is 0 Å². The fourth-order valence-electron chi connectivity index (χ4n) is 4.21. The topological polar surface area (TPSA) is 45.5 Å². The fraction of sp³-hybridized carbons (Fsp3) is 0.250. The minimum Gasteiger partial charge on any atom is -0.491 e. The minimum absolute atomic E-state index is 0.206. The number of hydrogen-bond acceptors (Lipinski definition) is 4. The van der Waals surface area contributed by atoms with E-state index >= 15 is 0 Å². The van der Waals surface area contributed by atoms with Crippen LogP contribution in [0.4, 0.5) is 4.39 Å². The zero-order valence-corrected chi connectivity index (χ0v) is 19.9. The summed E-state index contributed by atoms with van der Waals surface area (Å²) in [5, 5.41) is 0.717. The van der Waals surface area contributed by atoms with Crippen LogP contribution >= 0.6 is 11.6 Å². The average molecular weight is 493 g/mol. The van der Waals surface area contributed by atoms with Gasteiger partial charge in [-0.1, -0.05) is 48.0 Å². The Balaban J connectivity index is 1.20. The largest absolute Gasteiger partial charge is 0.491 e. The lowest BCUT2D eigenvalue weighted by molar-refractivity contribution is -0.184. The molecule has 0 bridgehead atoms. The van der Waals surface area contributed by atoms with Gasteiger partial charge in [0.05, 0.1) is 19.5 Å². The van der Waals surface area contributed by atoms with E-state index in [2.05, 4.69) is 4.98 Å². The third-order valence-electron chi connectivity index (χ3n) is 6.07. The Morgan fingerprint density at radius 1 is 1.00 bits per heavy atom. The Bertz CT molecular complexity index is 1210. The average Bonchev–Trinajstić information content (AvgIpc) is 3.54. The predicted octanol–water partition coefficient (Wildman–Crippen LogP) is 6.17. The van der Waals surface area contributed by atoms with Crippen molar-refractivity contribution in [3.05, 3.63) is 108 Å². The molecule has 4 aromatic rings. The molecule has 2 heterocycles. The van der Waals surface area contributed by atoms with Gasteiger partial charge in [0, 0.05) is 23.8 Å². The van der Waals surface area contributed by atoms with Crippen LogP contribution in [0.15, 0.2) is 91.5 Å². The van der Waals surface area contributed by atoms with Crippen molar-refractivity contribution in [2.24, 2.45) is 0 Å². The minimum atomic E-state index is -0.804. The Labute approximate surface area is 209 Å². The summed E-state index contributed by atoms with van der Waals surface area (Å²) in [6.45, 7) is 1.32. The highest BCUT2D eigenvalue weighted by Crippen LogP contribution is 2.32. The standard InChI is InChI=1S/C28H26ClFN2O3/c29-24-7-3-22(4-8-24)23-5-11-26(12-6-23)33-17-27-18-34-28(35-27,19-32-16-15-31-20-32)14-13-21-1-9-25(30)10-2-21/h1-12,15-16,20,27H,13-14,17-19H2. The van der Waals surface area contributed by atoms with Crippen molar-refractivity contribution in [2.75, 3.05) is 13.2 Å². The highest BCUT2D eigenvalue weighted by molar-refractivity contribution is 6.30. The molecule has 2 atom stereocenters. The molecule has 0 amide bonds. The van der Waals surface area contributed by atoms with Crippen molar-refractivity contribution in [1.29, 1.82) is 0 Å². The van der Waals surface area contributed by atoms with Crippen LogP contribution in [0.5, 0.6) is 5.75 Å². The van der Waals surface area contributed by atoms with Crippen LogP contribution in [0, 0.1) is 5.82 Å². The van der Waals surface area contributed by atoms with E-state index < -0.39 is 5.79 Å². The maximum Gasteiger partial charge on any atom is 0.187 e. The lowest BCUT2D eigenvalue weighted by atomic mass is 10.0. The maximum absolute atomic E-state index is 13.3. The summed E-state index contributed by atoms with van der Waals surface area (Å²) in [4.78, 5) is 4.13. The van der Waals surface area contributed by atoms with Crippen molar-refractivity contribution in [1.82, 2.24) is 9.55 Å². The van der Waals surface area contributed by atoms with Crippen LogP contribution in [-0.2, 0) is 22.4 Å². The number of halogens is 2. The second kappa shape index (κ2) is 10.6. The second-order valence-electron chi connectivity index (χ2n) is 8.67. The molecule has 0 spiro atoms. The van der Waals surface area contributed by atoms with E-state index in [1.807, 2.05) is 59.3 Å². The molecule has 0 N–H and O–H groups in total. The van der Waals surface area contributed by atoms with Gasteiger partial charge in [0.25, 0.3) is 0 Å². The number of aromatic nitrogens is 2. The van der Waals surface area contributed by atoms with Gasteiger partial charge in [-0.15, -0.1) is 0 Å². The quantitative estimate of drug-likeness (QED) is 0.280. The number of hydrogen-bond donors (Lipinski definition) is 0. The molecule has 1 aliphatic heterocycles. The van der Waals surface area contributed by atoms with Gasteiger partial charge in [-0.25, -0.2) is 9.37 Å². The maximum atomic E-state index is 13.3. The zero-order valence-electron chi connectivity index (χ0n) is 19.1. The van der Waals surface area contributed by atoms with Crippen molar-refractivity contribution >= 4 is 11.6 Å². The molecular weight excluding hydrogens is 467 g/mol. The molecule has 5 rings (SSSR count). The number of rotatable bonds is 9. The van der Waals surface area contributed by atoms with Gasteiger partial charge < -0.3 is 18.8 Å². The molecule has 0 radical (unpaired) electrons. The van der Waals surface area contributed by atoms with E-state index in [0.717, 1.165) is 22.4 Å². The monoisotopic (exact) mass is 492 g/mol. The number of aryl methyl sites for hydroxylation is 1. The molecule has 0 aliphatic carbocycles. The number of nitrogens with zero attached hydrogens (tertiary/aromatic N) is 2. The second-order valence-corrected chi connectivity index (χ2v) is 9.10. The van der Waals surface area contributed by atoms with Crippen LogP contribution in [0.1, 0.15) is 12.0 Å². The SMILES string of the molecule is Fc1ccc(CCC2(Cn3ccnc3)OCC(COc3ccc(-c4ccc(Cl)cc4)cc3)O2)cc1. The summed E-state index contributed by atoms with van der Waals surface area (Å²) >= 11 is 5.98. The third kappa shape index (κ3) is 6.09. The number of ether oxygens (including phenoxy) is 3. The van der Waals surface area contributed by atoms with E-state index in [-0.39, 0.29) is 11.9 Å². The fourth-order valence-corrected chi connectivity index (χ4v) is 4.34. The van der Waals surface area contributed by atoms with Crippen molar-refractivity contribution in [3.8, 4) is 16.9 Å². The molecule has 1 aliphatic rings. The highest BCUT2D eigenvalue weighted by Gasteiger charge is 2.42. The normalized spacial score (nSPS) is 19.7. The first kappa shape index (κ1) is 23.5. The molecule has 2 unspecified atom stereocenters. The van der Waals surface area contributed by atoms with Crippen molar-refractivity contribution in [3.63, 3.8) is 0 Å². The first-order chi connectivity index (χ1) is 17.1. The van der Waals surface area contributed by atoms with E-state index in [4.69, 9.17) is 25.8 Å². The molecule has 180 valence electrons. The number of benzene rings is 3. The summed E-state index contributed by atoms with van der Waals surface area (Å²) in [6, 6.07) is 22.2. The van der Waals surface area contributed by atoms with Crippen LogP contribution in [0.25, 0.3) is 11.1 Å². The Morgan fingerprint density at radius 3 is 2.40 bits per heavy atom. The van der Waals surface area contributed by atoms with Gasteiger partial charge >= 0.3 is 0 Å². The first-order valence-corrected chi connectivity index (χ1v) is 12.0.